The number of hydrogen-bond donors (Lipinski definition) is 1. The van der Waals surface area contributed by atoms with Gasteiger partial charge in [-0.1, -0.05) is 33.6 Å². The molecule has 0 spiro atoms. The van der Waals surface area contributed by atoms with Gasteiger partial charge >= 0.3 is 0 Å². The van der Waals surface area contributed by atoms with Gasteiger partial charge in [0.15, 0.2) is 0 Å². The first-order valence-electron chi connectivity index (χ1n) is 6.09. The lowest BCUT2D eigenvalue weighted by Crippen LogP contribution is -2.06. The Kier molecular flexibility index (Phi) is 5.40. The fourth-order valence-electron chi connectivity index (χ4n) is 1.81. The molecule has 0 aliphatic carbocycles. The maximum absolute atomic E-state index is 13.5. The highest BCUT2D eigenvalue weighted by Crippen LogP contribution is 2.24. The lowest BCUT2D eigenvalue weighted by molar-refractivity contribution is 0.304. The van der Waals surface area contributed by atoms with Gasteiger partial charge in [-0.25, -0.2) is 4.39 Å². The summed E-state index contributed by atoms with van der Waals surface area (Å²) in [6.07, 6.45) is 0. The van der Waals surface area contributed by atoms with Gasteiger partial charge in [0, 0.05) is 27.7 Å². The van der Waals surface area contributed by atoms with E-state index in [1.807, 2.05) is 25.2 Å². The summed E-state index contributed by atoms with van der Waals surface area (Å²) in [6, 6.07) is 10.2. The van der Waals surface area contributed by atoms with E-state index in [0.29, 0.717) is 23.9 Å². The number of hydrogen-bond acceptors (Lipinski definition) is 2. The molecule has 0 aromatic heterocycles. The molecule has 0 saturated heterocycles. The van der Waals surface area contributed by atoms with Gasteiger partial charge in [-0.15, -0.1) is 0 Å². The normalized spacial score (nSPS) is 10.6. The predicted octanol–water partition coefficient (Wildman–Crippen LogP) is 4.54. The van der Waals surface area contributed by atoms with Crippen LogP contribution in [0.4, 0.5) is 4.39 Å². The first kappa shape index (κ1) is 15.3. The van der Waals surface area contributed by atoms with Crippen molar-refractivity contribution in [3.63, 3.8) is 0 Å². The van der Waals surface area contributed by atoms with Crippen LogP contribution in [0.25, 0.3) is 0 Å². The summed E-state index contributed by atoms with van der Waals surface area (Å²) in [5, 5.41) is 3.60. The molecule has 20 heavy (non-hydrogen) atoms. The van der Waals surface area contributed by atoms with Crippen LogP contribution in [0.15, 0.2) is 40.9 Å². The van der Waals surface area contributed by atoms with Gasteiger partial charge in [0.2, 0.25) is 0 Å². The molecule has 2 rings (SSSR count). The molecule has 0 atom stereocenters. The Morgan fingerprint density at radius 2 is 2.05 bits per heavy atom. The summed E-state index contributed by atoms with van der Waals surface area (Å²) in [4.78, 5) is 0. The topological polar surface area (TPSA) is 21.3 Å². The zero-order chi connectivity index (χ0) is 14.5. The lowest BCUT2D eigenvalue weighted by Gasteiger charge is -2.10. The maximum Gasteiger partial charge on any atom is 0.127 e. The van der Waals surface area contributed by atoms with E-state index in [-0.39, 0.29) is 5.82 Å². The van der Waals surface area contributed by atoms with Crippen LogP contribution in [-0.4, -0.2) is 7.05 Å². The van der Waals surface area contributed by atoms with Crippen LogP contribution >= 0.6 is 27.5 Å². The van der Waals surface area contributed by atoms with Crippen molar-refractivity contribution >= 4 is 27.5 Å². The molecular weight excluding hydrogens is 345 g/mol. The second-order valence-corrected chi connectivity index (χ2v) is 5.67. The van der Waals surface area contributed by atoms with E-state index in [2.05, 4.69) is 21.2 Å². The molecule has 0 heterocycles. The fraction of sp³-hybridized carbons (Fsp3) is 0.200. The van der Waals surface area contributed by atoms with Crippen molar-refractivity contribution in [3.8, 4) is 5.75 Å². The highest BCUT2D eigenvalue weighted by molar-refractivity contribution is 9.10. The molecule has 0 saturated carbocycles. The Morgan fingerprint density at radius 3 is 2.75 bits per heavy atom. The van der Waals surface area contributed by atoms with Crippen LogP contribution in [0.3, 0.4) is 0 Å². The van der Waals surface area contributed by atoms with E-state index in [1.165, 1.54) is 12.1 Å². The molecule has 0 radical (unpaired) electrons. The first-order chi connectivity index (χ1) is 9.58. The minimum Gasteiger partial charge on any atom is -0.489 e. The van der Waals surface area contributed by atoms with Crippen molar-refractivity contribution in [1.29, 1.82) is 0 Å². The predicted molar refractivity (Wildman–Crippen MR) is 82.6 cm³/mol. The van der Waals surface area contributed by atoms with E-state index in [4.69, 9.17) is 16.3 Å². The van der Waals surface area contributed by atoms with Crippen LogP contribution < -0.4 is 10.1 Å². The quantitative estimate of drug-likeness (QED) is 0.847. The third kappa shape index (κ3) is 4.20. The molecule has 0 unspecified atom stereocenters. The zero-order valence-corrected chi connectivity index (χ0v) is 13.3. The highest BCUT2D eigenvalue weighted by Gasteiger charge is 2.05. The molecule has 0 amide bonds. The van der Waals surface area contributed by atoms with Gasteiger partial charge in [-0.3, -0.25) is 0 Å². The molecule has 106 valence electrons. The summed E-state index contributed by atoms with van der Waals surface area (Å²) in [7, 11) is 1.81. The molecule has 1 N–H and O–H groups in total. The minimum absolute atomic E-state index is 0.300. The van der Waals surface area contributed by atoms with Gasteiger partial charge < -0.3 is 10.1 Å². The Hall–Kier alpha value is -1.10. The molecule has 0 fully saturated rings. The van der Waals surface area contributed by atoms with Crippen molar-refractivity contribution < 1.29 is 9.13 Å². The van der Waals surface area contributed by atoms with Gasteiger partial charge in [0.05, 0.1) is 0 Å². The molecule has 0 aliphatic heterocycles. The van der Waals surface area contributed by atoms with Crippen LogP contribution in [-0.2, 0) is 13.2 Å². The van der Waals surface area contributed by atoms with Crippen LogP contribution in [0.5, 0.6) is 5.75 Å². The third-order valence-electron chi connectivity index (χ3n) is 2.72. The summed E-state index contributed by atoms with van der Waals surface area (Å²) in [5.41, 5.74) is 1.69. The van der Waals surface area contributed by atoms with E-state index in [0.717, 1.165) is 15.6 Å². The molecule has 2 nitrogen and oxygen atoms in total. The summed E-state index contributed by atoms with van der Waals surface area (Å²) in [5.74, 6) is 0.184. The van der Waals surface area contributed by atoms with Crippen LogP contribution in [0.2, 0.25) is 5.02 Å². The van der Waals surface area contributed by atoms with Crippen molar-refractivity contribution in [3.05, 3.63) is 62.8 Å². The molecule has 0 aliphatic rings. The second kappa shape index (κ2) is 7.07. The SMILES string of the molecule is CNCc1cc(F)cc(OCc2ccc(Br)cc2Cl)c1. The number of rotatable bonds is 5. The van der Waals surface area contributed by atoms with E-state index in [9.17, 15) is 4.39 Å². The lowest BCUT2D eigenvalue weighted by atomic mass is 10.2. The smallest absolute Gasteiger partial charge is 0.127 e. The van der Waals surface area contributed by atoms with Crippen molar-refractivity contribution in [2.24, 2.45) is 0 Å². The first-order valence-corrected chi connectivity index (χ1v) is 7.26. The monoisotopic (exact) mass is 357 g/mol. The largest absolute Gasteiger partial charge is 0.489 e. The zero-order valence-electron chi connectivity index (χ0n) is 10.9. The third-order valence-corrected chi connectivity index (χ3v) is 3.57. The van der Waals surface area contributed by atoms with Crippen molar-refractivity contribution in [1.82, 2.24) is 5.32 Å². The van der Waals surface area contributed by atoms with E-state index >= 15 is 0 Å². The van der Waals surface area contributed by atoms with Gasteiger partial charge in [-0.2, -0.15) is 0 Å². The number of ether oxygens (including phenoxy) is 1. The maximum atomic E-state index is 13.5. The Bertz CT molecular complexity index is 606. The van der Waals surface area contributed by atoms with Gasteiger partial charge in [0.1, 0.15) is 18.2 Å². The van der Waals surface area contributed by atoms with Crippen LogP contribution in [0.1, 0.15) is 11.1 Å². The second-order valence-electron chi connectivity index (χ2n) is 4.35. The Labute approximate surface area is 131 Å². The minimum atomic E-state index is -0.311. The van der Waals surface area contributed by atoms with E-state index in [1.54, 1.807) is 6.07 Å². The average Bonchev–Trinajstić information content (AvgIpc) is 2.37. The summed E-state index contributed by atoms with van der Waals surface area (Å²) >= 11 is 9.46. The van der Waals surface area contributed by atoms with E-state index < -0.39 is 0 Å². The number of halogens is 3. The Balaban J connectivity index is 2.10. The molecule has 5 heteroatoms. The van der Waals surface area contributed by atoms with Crippen molar-refractivity contribution in [2.75, 3.05) is 7.05 Å². The number of benzene rings is 2. The highest BCUT2D eigenvalue weighted by atomic mass is 79.9. The molecular formula is C15H14BrClFNO. The van der Waals surface area contributed by atoms with Crippen molar-refractivity contribution in [2.45, 2.75) is 13.2 Å². The molecule has 2 aromatic rings. The standard InChI is InChI=1S/C15H14BrClFNO/c1-19-8-10-4-13(18)7-14(5-10)20-9-11-2-3-12(16)6-15(11)17/h2-7,19H,8-9H2,1H3. The van der Waals surface area contributed by atoms with Gasteiger partial charge in [-0.05, 0) is 36.9 Å². The Morgan fingerprint density at radius 1 is 1.25 bits per heavy atom. The molecule has 2 aromatic carbocycles. The molecule has 0 bridgehead atoms. The fourth-order valence-corrected chi connectivity index (χ4v) is 2.54. The van der Waals surface area contributed by atoms with Crippen LogP contribution in [0, 0.1) is 5.82 Å². The summed E-state index contributed by atoms with van der Waals surface area (Å²) < 4.78 is 20.0. The number of nitrogens with one attached hydrogen (secondary N) is 1. The summed E-state index contributed by atoms with van der Waals surface area (Å²) in [6.45, 7) is 0.891. The van der Waals surface area contributed by atoms with Gasteiger partial charge in [0.25, 0.3) is 0 Å². The average molecular weight is 359 g/mol.